The van der Waals surface area contributed by atoms with Gasteiger partial charge in [-0.3, -0.25) is 4.57 Å². The summed E-state index contributed by atoms with van der Waals surface area (Å²) in [5.41, 5.74) is 0.445. The number of nitrogens with zero attached hydrogens (tertiary/aromatic N) is 7. The average molecular weight is 516 g/mol. The van der Waals surface area contributed by atoms with Crippen LogP contribution in [0.4, 0.5) is 25.3 Å². The smallest absolute Gasteiger partial charge is 0.410 e. The van der Waals surface area contributed by atoms with Gasteiger partial charge in [-0.15, -0.1) is 0 Å². The molecule has 198 valence electrons. The highest BCUT2D eigenvalue weighted by molar-refractivity contribution is 5.78. The summed E-state index contributed by atoms with van der Waals surface area (Å²) in [6.07, 6.45) is -3.13. The molecule has 4 heterocycles. The Labute approximate surface area is 213 Å². The lowest BCUT2D eigenvalue weighted by molar-refractivity contribution is 0.0240. The van der Waals surface area contributed by atoms with Gasteiger partial charge in [0.25, 0.3) is 6.43 Å². The quantitative estimate of drug-likeness (QED) is 0.521. The maximum atomic E-state index is 14.1. The van der Waals surface area contributed by atoms with Gasteiger partial charge in [-0.1, -0.05) is 12.1 Å². The zero-order valence-electron chi connectivity index (χ0n) is 21.2. The number of carbonyl (C=O) groups excluding carboxylic acids is 1. The first-order valence-electron chi connectivity index (χ1n) is 12.4. The van der Waals surface area contributed by atoms with E-state index in [9.17, 15) is 13.6 Å². The van der Waals surface area contributed by atoms with Crippen LogP contribution in [0.2, 0.25) is 0 Å². The number of carbonyl (C=O) groups is 1. The third kappa shape index (κ3) is 5.43. The van der Waals surface area contributed by atoms with Gasteiger partial charge in [-0.2, -0.15) is 9.97 Å². The summed E-state index contributed by atoms with van der Waals surface area (Å²) in [6.45, 7) is 9.73. The Kier molecular flexibility index (Phi) is 6.84. The molecule has 0 radical (unpaired) electrons. The normalized spacial score (nSPS) is 17.1. The van der Waals surface area contributed by atoms with Crippen molar-refractivity contribution >= 4 is 28.9 Å². The van der Waals surface area contributed by atoms with Crippen molar-refractivity contribution in [1.82, 2.24) is 24.4 Å². The number of alkyl halides is 2. The van der Waals surface area contributed by atoms with Gasteiger partial charge < -0.3 is 24.2 Å². The molecule has 0 bridgehead atoms. The molecule has 0 N–H and O–H groups in total. The molecule has 0 atom stereocenters. The van der Waals surface area contributed by atoms with E-state index in [0.717, 1.165) is 0 Å². The minimum Gasteiger partial charge on any atom is -0.444 e. The van der Waals surface area contributed by atoms with E-state index in [4.69, 9.17) is 19.4 Å². The highest BCUT2D eigenvalue weighted by atomic mass is 19.3. The molecule has 0 aliphatic carbocycles. The number of benzene rings is 1. The molecule has 0 unspecified atom stereocenters. The Morgan fingerprint density at radius 1 is 0.946 bits per heavy atom. The topological polar surface area (TPSA) is 88.9 Å². The van der Waals surface area contributed by atoms with Crippen LogP contribution < -0.4 is 9.80 Å². The van der Waals surface area contributed by atoms with E-state index in [1.165, 1.54) is 4.57 Å². The van der Waals surface area contributed by atoms with Crippen LogP contribution in [0.25, 0.3) is 16.9 Å². The van der Waals surface area contributed by atoms with Crippen molar-refractivity contribution in [1.29, 1.82) is 0 Å². The van der Waals surface area contributed by atoms with Gasteiger partial charge in [0.2, 0.25) is 5.95 Å². The predicted octanol–water partition coefficient (Wildman–Crippen LogP) is 3.65. The summed E-state index contributed by atoms with van der Waals surface area (Å²) in [5.74, 6) is 1.01. The van der Waals surface area contributed by atoms with E-state index in [2.05, 4.69) is 4.98 Å². The predicted molar refractivity (Wildman–Crippen MR) is 135 cm³/mol. The van der Waals surface area contributed by atoms with Crippen LogP contribution in [-0.4, -0.2) is 88.6 Å². The van der Waals surface area contributed by atoms with E-state index < -0.39 is 12.0 Å². The van der Waals surface area contributed by atoms with Gasteiger partial charge in [-0.05, 0) is 32.9 Å². The van der Waals surface area contributed by atoms with Crippen LogP contribution in [0.1, 0.15) is 33.0 Å². The van der Waals surface area contributed by atoms with Crippen LogP contribution in [-0.2, 0) is 9.47 Å². The summed E-state index contributed by atoms with van der Waals surface area (Å²) in [5, 5.41) is 0. The molecule has 2 fully saturated rings. The van der Waals surface area contributed by atoms with E-state index >= 15 is 0 Å². The molecule has 3 aromatic rings. The molecular weight excluding hydrogens is 484 g/mol. The number of hydrogen-bond donors (Lipinski definition) is 0. The van der Waals surface area contributed by atoms with E-state index in [0.29, 0.717) is 81.1 Å². The Bertz CT molecular complexity index is 1260. The largest absolute Gasteiger partial charge is 0.444 e. The summed E-state index contributed by atoms with van der Waals surface area (Å²) >= 11 is 0. The molecule has 2 aliphatic heterocycles. The summed E-state index contributed by atoms with van der Waals surface area (Å²) in [7, 11) is 0. The van der Waals surface area contributed by atoms with E-state index in [1.54, 1.807) is 35.2 Å². The van der Waals surface area contributed by atoms with E-state index in [-0.39, 0.29) is 11.9 Å². The number of fused-ring (bicyclic) bond motifs is 1. The van der Waals surface area contributed by atoms with Gasteiger partial charge in [0.05, 0.1) is 24.2 Å². The number of anilines is 2. The third-order valence-corrected chi connectivity index (χ3v) is 6.25. The lowest BCUT2D eigenvalue weighted by atomic mass is 10.2. The van der Waals surface area contributed by atoms with Crippen LogP contribution in [0.3, 0.4) is 0 Å². The number of ether oxygens (including phenoxy) is 2. The van der Waals surface area contributed by atoms with Crippen LogP contribution in [0.15, 0.2) is 30.3 Å². The molecule has 2 aliphatic rings. The first-order valence-corrected chi connectivity index (χ1v) is 12.4. The van der Waals surface area contributed by atoms with Gasteiger partial charge >= 0.3 is 6.09 Å². The zero-order valence-corrected chi connectivity index (χ0v) is 21.2. The summed E-state index contributed by atoms with van der Waals surface area (Å²) < 4.78 is 40.6. The molecule has 0 spiro atoms. The highest BCUT2D eigenvalue weighted by Gasteiger charge is 2.28. The van der Waals surface area contributed by atoms with E-state index in [1.807, 2.05) is 30.6 Å². The molecule has 10 nitrogen and oxygen atoms in total. The Morgan fingerprint density at radius 3 is 2.30 bits per heavy atom. The van der Waals surface area contributed by atoms with Crippen molar-refractivity contribution in [3.8, 4) is 5.82 Å². The average Bonchev–Trinajstić information content (AvgIpc) is 3.28. The maximum Gasteiger partial charge on any atom is 0.410 e. The van der Waals surface area contributed by atoms with Crippen LogP contribution >= 0.6 is 0 Å². The summed E-state index contributed by atoms with van der Waals surface area (Å²) in [4.78, 5) is 31.9. The second kappa shape index (κ2) is 10.1. The van der Waals surface area contributed by atoms with Crippen molar-refractivity contribution in [2.75, 3.05) is 62.3 Å². The van der Waals surface area contributed by atoms with Gasteiger partial charge in [0.1, 0.15) is 17.2 Å². The highest BCUT2D eigenvalue weighted by Crippen LogP contribution is 2.30. The first-order chi connectivity index (χ1) is 17.7. The first kappa shape index (κ1) is 25.1. The minimum atomic E-state index is -2.78. The van der Waals surface area contributed by atoms with Crippen LogP contribution in [0, 0.1) is 0 Å². The zero-order chi connectivity index (χ0) is 26.2. The number of aromatic nitrogens is 4. The SMILES string of the molecule is CC(C)(C)OC(=O)N1CCN(c2cc(-n3c(C(F)F)nc4ccccc43)nc(N3CCOCC3)n2)CC1. The lowest BCUT2D eigenvalue weighted by Gasteiger charge is -2.36. The minimum absolute atomic E-state index is 0.324. The summed E-state index contributed by atoms with van der Waals surface area (Å²) in [6, 6.07) is 8.73. The fourth-order valence-corrected chi connectivity index (χ4v) is 4.47. The number of hydrogen-bond acceptors (Lipinski definition) is 8. The second-order valence-corrected chi connectivity index (χ2v) is 10.0. The molecule has 0 saturated carbocycles. The lowest BCUT2D eigenvalue weighted by Crippen LogP contribution is -2.50. The number of amides is 1. The molecule has 12 heteroatoms. The molecule has 37 heavy (non-hydrogen) atoms. The monoisotopic (exact) mass is 515 g/mol. The maximum absolute atomic E-state index is 14.1. The standard InChI is InChI=1S/C25H31F2N7O3/c1-25(2,3)37-24(35)33-10-8-31(9-11-33)19-16-20(30-23(29-19)32-12-14-36-15-13-32)34-18-7-5-4-6-17(18)28-22(34)21(26)27/h4-7,16,21H,8-15H2,1-3H3. The third-order valence-electron chi connectivity index (χ3n) is 6.25. The fraction of sp³-hybridized carbons (Fsp3) is 0.520. The van der Waals surface area contributed by atoms with Crippen LogP contribution in [0.5, 0.6) is 0 Å². The number of imidazole rings is 1. The van der Waals surface area contributed by atoms with Gasteiger partial charge in [0.15, 0.2) is 5.82 Å². The van der Waals surface area contributed by atoms with Crippen molar-refractivity contribution in [2.45, 2.75) is 32.8 Å². The Hall–Kier alpha value is -3.54. The van der Waals surface area contributed by atoms with Gasteiger partial charge in [-0.25, -0.2) is 18.6 Å². The molecular formula is C25H31F2N7O3. The van der Waals surface area contributed by atoms with Crippen molar-refractivity contribution in [2.24, 2.45) is 0 Å². The number of morpholine rings is 1. The molecule has 2 aromatic heterocycles. The Balaban J connectivity index is 1.50. The molecule has 5 rings (SSSR count). The number of rotatable bonds is 4. The van der Waals surface area contributed by atoms with Gasteiger partial charge in [0, 0.05) is 45.3 Å². The van der Waals surface area contributed by atoms with Crippen molar-refractivity contribution in [3.05, 3.63) is 36.2 Å². The molecule has 1 aromatic carbocycles. The number of piperazine rings is 1. The fourth-order valence-electron chi connectivity index (χ4n) is 4.47. The molecule has 1 amide bonds. The number of para-hydroxylation sites is 2. The second-order valence-electron chi connectivity index (χ2n) is 10.0. The Morgan fingerprint density at radius 2 is 1.62 bits per heavy atom. The number of halogens is 2. The molecule has 2 saturated heterocycles. The van der Waals surface area contributed by atoms with Crippen molar-refractivity contribution < 1.29 is 23.0 Å². The van der Waals surface area contributed by atoms with Crippen molar-refractivity contribution in [3.63, 3.8) is 0 Å².